The fourth-order valence-corrected chi connectivity index (χ4v) is 5.77. The first-order valence-corrected chi connectivity index (χ1v) is 12.3. The quantitative estimate of drug-likeness (QED) is 0.445. The van der Waals surface area contributed by atoms with E-state index in [0.29, 0.717) is 36.5 Å². The molecule has 0 bridgehead atoms. The van der Waals surface area contributed by atoms with E-state index in [-0.39, 0.29) is 35.7 Å². The standard InChI is InChI=1S/C24H28N6O3S/c1-30(2)24(33)14-7-8-16(27-21(31)18-9-13-5-3-4-6-15(13)26-18)17(10-14)28-22(32)23-29-19-11-25-12-20(19)34-23/h3-6,9,14,16-17,25-26H,7-8,10-12H2,1-2H3,(H,27,31)(H,28,32)/t14-,16-,17+/m0/s1. The van der Waals surface area contributed by atoms with Crippen LogP contribution in [-0.4, -0.2) is 58.8 Å². The maximum absolute atomic E-state index is 13.1. The average Bonchev–Trinajstić information content (AvgIpc) is 3.54. The molecule has 0 radical (unpaired) electrons. The van der Waals surface area contributed by atoms with Gasteiger partial charge in [0.1, 0.15) is 5.69 Å². The number of carbonyl (C=O) groups excluding carboxylic acids is 3. The monoisotopic (exact) mass is 480 g/mol. The Morgan fingerprint density at radius 2 is 1.85 bits per heavy atom. The molecule has 178 valence electrons. The molecule has 1 aromatic carbocycles. The first-order chi connectivity index (χ1) is 16.4. The van der Waals surface area contributed by atoms with Crippen LogP contribution in [0, 0.1) is 5.92 Å². The van der Waals surface area contributed by atoms with Gasteiger partial charge in [-0.15, -0.1) is 11.3 Å². The molecule has 1 saturated carbocycles. The number of H-pyrrole nitrogens is 1. The Kier molecular flexibility index (Phi) is 6.09. The Hall–Kier alpha value is -3.24. The van der Waals surface area contributed by atoms with E-state index in [1.807, 2.05) is 30.3 Å². The molecule has 1 aliphatic carbocycles. The molecule has 0 saturated heterocycles. The number of hydrogen-bond acceptors (Lipinski definition) is 6. The van der Waals surface area contributed by atoms with Crippen molar-refractivity contribution in [2.24, 2.45) is 5.92 Å². The number of rotatable bonds is 5. The summed E-state index contributed by atoms with van der Waals surface area (Å²) in [5.74, 6) is -0.643. The van der Waals surface area contributed by atoms with Crippen LogP contribution in [0.4, 0.5) is 0 Å². The van der Waals surface area contributed by atoms with Gasteiger partial charge in [-0.3, -0.25) is 14.4 Å². The van der Waals surface area contributed by atoms with Gasteiger partial charge in [0.15, 0.2) is 5.01 Å². The number of para-hydroxylation sites is 1. The highest BCUT2D eigenvalue weighted by Gasteiger charge is 2.37. The molecule has 3 amide bonds. The summed E-state index contributed by atoms with van der Waals surface area (Å²) in [4.78, 5) is 49.1. The summed E-state index contributed by atoms with van der Waals surface area (Å²) in [5.41, 5.74) is 2.29. The predicted molar refractivity (Wildman–Crippen MR) is 129 cm³/mol. The van der Waals surface area contributed by atoms with Crippen LogP contribution in [0.25, 0.3) is 10.9 Å². The number of aromatic nitrogens is 2. The summed E-state index contributed by atoms with van der Waals surface area (Å²) in [5, 5.41) is 10.8. The Morgan fingerprint density at radius 1 is 1.06 bits per heavy atom. The molecule has 4 N–H and O–H groups in total. The zero-order chi connectivity index (χ0) is 23.8. The van der Waals surface area contributed by atoms with Crippen molar-refractivity contribution in [3.8, 4) is 0 Å². The lowest BCUT2D eigenvalue weighted by Crippen LogP contribution is -2.56. The molecule has 9 nitrogen and oxygen atoms in total. The zero-order valence-corrected chi connectivity index (χ0v) is 20.0. The summed E-state index contributed by atoms with van der Waals surface area (Å²) in [6.45, 7) is 1.40. The fourth-order valence-electron chi connectivity index (χ4n) is 4.82. The highest BCUT2D eigenvalue weighted by molar-refractivity contribution is 7.13. The van der Waals surface area contributed by atoms with Crippen LogP contribution < -0.4 is 16.0 Å². The number of benzene rings is 1. The second-order valence-electron chi connectivity index (χ2n) is 9.17. The highest BCUT2D eigenvalue weighted by Crippen LogP contribution is 2.28. The summed E-state index contributed by atoms with van der Waals surface area (Å²) >= 11 is 1.39. The van der Waals surface area contributed by atoms with Crippen LogP contribution in [0.2, 0.25) is 0 Å². The van der Waals surface area contributed by atoms with Crippen molar-refractivity contribution in [1.29, 1.82) is 0 Å². The molecule has 2 aliphatic rings. The number of carbonyl (C=O) groups is 3. The number of hydrogen-bond donors (Lipinski definition) is 4. The summed E-state index contributed by atoms with van der Waals surface area (Å²) < 4.78 is 0. The highest BCUT2D eigenvalue weighted by atomic mass is 32.1. The van der Waals surface area contributed by atoms with Crippen molar-refractivity contribution in [3.63, 3.8) is 0 Å². The van der Waals surface area contributed by atoms with Crippen molar-refractivity contribution < 1.29 is 14.4 Å². The lowest BCUT2D eigenvalue weighted by atomic mass is 9.81. The maximum atomic E-state index is 13.1. The SMILES string of the molecule is CN(C)C(=O)[C@H]1CC[C@H](NC(=O)c2cc3ccccc3[nH]2)[C@H](NC(=O)c2nc3c(s2)CNC3)C1. The average molecular weight is 481 g/mol. The summed E-state index contributed by atoms with van der Waals surface area (Å²) in [6.07, 6.45) is 1.71. The largest absolute Gasteiger partial charge is 0.351 e. The van der Waals surface area contributed by atoms with Gasteiger partial charge < -0.3 is 25.8 Å². The molecule has 34 heavy (non-hydrogen) atoms. The van der Waals surface area contributed by atoms with E-state index in [0.717, 1.165) is 28.0 Å². The summed E-state index contributed by atoms with van der Waals surface area (Å²) in [6, 6.07) is 8.88. The molecule has 0 unspecified atom stereocenters. The number of fused-ring (bicyclic) bond motifs is 2. The molecule has 3 aromatic rings. The zero-order valence-electron chi connectivity index (χ0n) is 19.2. The first kappa shape index (κ1) is 22.5. The Labute approximate surface area is 201 Å². The van der Waals surface area contributed by atoms with Crippen LogP contribution in [0.5, 0.6) is 0 Å². The minimum Gasteiger partial charge on any atom is -0.351 e. The number of thiazole rings is 1. The normalized spacial score (nSPS) is 21.8. The van der Waals surface area contributed by atoms with Crippen molar-refractivity contribution in [3.05, 3.63) is 51.6 Å². The number of aromatic amines is 1. The van der Waals surface area contributed by atoms with Crippen molar-refractivity contribution in [1.82, 2.24) is 30.8 Å². The third-order valence-corrected chi connectivity index (χ3v) is 7.69. The van der Waals surface area contributed by atoms with Gasteiger partial charge >= 0.3 is 0 Å². The van der Waals surface area contributed by atoms with Gasteiger partial charge in [-0.2, -0.15) is 0 Å². The van der Waals surface area contributed by atoms with Gasteiger partial charge in [0, 0.05) is 54.9 Å². The molecular formula is C24H28N6O3S. The smallest absolute Gasteiger partial charge is 0.280 e. The van der Waals surface area contributed by atoms with E-state index >= 15 is 0 Å². The molecule has 2 aromatic heterocycles. The van der Waals surface area contributed by atoms with E-state index in [9.17, 15) is 14.4 Å². The molecular weight excluding hydrogens is 452 g/mol. The molecule has 5 rings (SSSR count). The van der Waals surface area contributed by atoms with Gasteiger partial charge in [0.2, 0.25) is 5.91 Å². The molecule has 10 heteroatoms. The van der Waals surface area contributed by atoms with E-state index in [1.54, 1.807) is 19.0 Å². The molecule has 3 heterocycles. The minimum atomic E-state index is -0.375. The van der Waals surface area contributed by atoms with Crippen molar-refractivity contribution in [2.75, 3.05) is 14.1 Å². The van der Waals surface area contributed by atoms with Crippen molar-refractivity contribution in [2.45, 2.75) is 44.4 Å². The van der Waals surface area contributed by atoms with Crippen LogP contribution in [-0.2, 0) is 17.9 Å². The Balaban J connectivity index is 1.33. The molecule has 1 fully saturated rings. The van der Waals surface area contributed by atoms with E-state index < -0.39 is 0 Å². The number of nitrogens with zero attached hydrogens (tertiary/aromatic N) is 2. The lowest BCUT2D eigenvalue weighted by Gasteiger charge is -2.37. The third-order valence-electron chi connectivity index (χ3n) is 6.60. The lowest BCUT2D eigenvalue weighted by molar-refractivity contribution is -0.134. The van der Waals surface area contributed by atoms with Crippen LogP contribution in [0.3, 0.4) is 0 Å². The Morgan fingerprint density at radius 3 is 2.62 bits per heavy atom. The Bertz CT molecular complexity index is 1190. The van der Waals surface area contributed by atoms with E-state index in [4.69, 9.17) is 0 Å². The van der Waals surface area contributed by atoms with Crippen LogP contribution >= 0.6 is 11.3 Å². The second-order valence-corrected chi connectivity index (χ2v) is 10.2. The second kappa shape index (κ2) is 9.19. The minimum absolute atomic E-state index is 0.0407. The van der Waals surface area contributed by atoms with Gasteiger partial charge in [-0.25, -0.2) is 4.98 Å². The summed E-state index contributed by atoms with van der Waals surface area (Å²) in [7, 11) is 3.48. The third kappa shape index (κ3) is 4.43. The predicted octanol–water partition coefficient (Wildman–Crippen LogP) is 2.01. The van der Waals surface area contributed by atoms with Gasteiger partial charge in [-0.05, 0) is 31.4 Å². The topological polar surface area (TPSA) is 119 Å². The fraction of sp³-hybridized carbons (Fsp3) is 0.417. The number of nitrogens with one attached hydrogen (secondary N) is 4. The molecule has 1 aliphatic heterocycles. The van der Waals surface area contributed by atoms with Gasteiger partial charge in [-0.1, -0.05) is 18.2 Å². The number of amides is 3. The van der Waals surface area contributed by atoms with Crippen LogP contribution in [0.1, 0.15) is 50.1 Å². The molecule has 3 atom stereocenters. The van der Waals surface area contributed by atoms with Crippen LogP contribution in [0.15, 0.2) is 30.3 Å². The van der Waals surface area contributed by atoms with Gasteiger partial charge in [0.25, 0.3) is 11.8 Å². The van der Waals surface area contributed by atoms with Gasteiger partial charge in [0.05, 0.1) is 11.7 Å². The van der Waals surface area contributed by atoms with E-state index in [1.165, 1.54) is 11.3 Å². The maximum Gasteiger partial charge on any atom is 0.280 e. The first-order valence-electron chi connectivity index (χ1n) is 11.5. The van der Waals surface area contributed by atoms with E-state index in [2.05, 4.69) is 25.9 Å². The molecule has 0 spiro atoms. The van der Waals surface area contributed by atoms with Crippen molar-refractivity contribution >= 4 is 40.0 Å².